The molecule has 7 nitrogen and oxygen atoms in total. The van der Waals surface area contributed by atoms with Gasteiger partial charge in [-0.3, -0.25) is 10.1 Å². The van der Waals surface area contributed by atoms with Crippen molar-refractivity contribution in [2.45, 2.75) is 38.9 Å². The number of nitro groups is 1. The molecule has 8 heteroatoms. The number of anilines is 1. The van der Waals surface area contributed by atoms with Gasteiger partial charge in [0.25, 0.3) is 0 Å². The highest BCUT2D eigenvalue weighted by molar-refractivity contribution is 6.62. The van der Waals surface area contributed by atoms with Crippen molar-refractivity contribution in [1.82, 2.24) is 4.98 Å². The Bertz CT molecular complexity index is 532. The molecule has 0 amide bonds. The number of aromatic nitrogens is 1. The second-order valence-corrected chi connectivity index (χ2v) is 5.73. The van der Waals surface area contributed by atoms with Crippen molar-refractivity contribution in [3.05, 3.63) is 22.4 Å². The minimum Gasteiger partial charge on any atom is -0.399 e. The van der Waals surface area contributed by atoms with E-state index in [1.54, 1.807) is 7.05 Å². The highest BCUT2D eigenvalue weighted by Crippen LogP contribution is 2.36. The molecule has 0 spiro atoms. The van der Waals surface area contributed by atoms with Crippen LogP contribution in [0.3, 0.4) is 0 Å². The van der Waals surface area contributed by atoms with Crippen LogP contribution in [-0.2, 0) is 9.31 Å². The Morgan fingerprint density at radius 2 is 1.85 bits per heavy atom. The summed E-state index contributed by atoms with van der Waals surface area (Å²) in [4.78, 5) is 14.6. The van der Waals surface area contributed by atoms with Crippen LogP contribution in [0.25, 0.3) is 0 Å². The smallest absolute Gasteiger partial charge is 0.399 e. The number of nitrogens with zero attached hydrogens (tertiary/aromatic N) is 2. The van der Waals surface area contributed by atoms with E-state index in [4.69, 9.17) is 9.31 Å². The fourth-order valence-electron chi connectivity index (χ4n) is 1.91. The predicted octanol–water partition coefficient (Wildman–Crippen LogP) is 1.33. The SMILES string of the molecule is CNc1ncc(B2OC(C)(C)C(C)(C)O2)cc1[N+](=O)[O-]. The van der Waals surface area contributed by atoms with Crippen molar-refractivity contribution < 1.29 is 14.2 Å². The average Bonchev–Trinajstić information content (AvgIpc) is 2.57. The second kappa shape index (κ2) is 4.71. The lowest BCUT2D eigenvalue weighted by Gasteiger charge is -2.32. The molecular formula is C12H18BN3O4. The maximum absolute atomic E-state index is 11.0. The lowest BCUT2D eigenvalue weighted by atomic mass is 9.80. The summed E-state index contributed by atoms with van der Waals surface area (Å²) in [6, 6.07) is 1.43. The van der Waals surface area contributed by atoms with E-state index in [9.17, 15) is 10.1 Å². The predicted molar refractivity (Wildman–Crippen MR) is 76.2 cm³/mol. The van der Waals surface area contributed by atoms with E-state index in [0.29, 0.717) is 5.46 Å². The molecule has 1 aliphatic heterocycles. The van der Waals surface area contributed by atoms with Crippen molar-refractivity contribution in [3.63, 3.8) is 0 Å². The van der Waals surface area contributed by atoms with Gasteiger partial charge < -0.3 is 14.6 Å². The van der Waals surface area contributed by atoms with Gasteiger partial charge in [0, 0.05) is 24.8 Å². The van der Waals surface area contributed by atoms with Gasteiger partial charge in [0.2, 0.25) is 5.82 Å². The van der Waals surface area contributed by atoms with Crippen molar-refractivity contribution >= 4 is 24.1 Å². The quantitative estimate of drug-likeness (QED) is 0.510. The van der Waals surface area contributed by atoms with Crippen LogP contribution in [0.4, 0.5) is 11.5 Å². The molecule has 0 aliphatic carbocycles. The molecule has 0 radical (unpaired) electrons. The second-order valence-electron chi connectivity index (χ2n) is 5.73. The van der Waals surface area contributed by atoms with Crippen LogP contribution in [0.5, 0.6) is 0 Å². The molecule has 1 saturated heterocycles. The summed E-state index contributed by atoms with van der Waals surface area (Å²) in [6.45, 7) is 7.71. The Balaban J connectivity index is 2.36. The van der Waals surface area contributed by atoms with Crippen LogP contribution < -0.4 is 10.8 Å². The molecule has 0 unspecified atom stereocenters. The molecule has 0 aromatic carbocycles. The first-order chi connectivity index (χ1) is 9.18. The number of hydrogen-bond donors (Lipinski definition) is 1. The maximum atomic E-state index is 11.0. The van der Waals surface area contributed by atoms with Crippen molar-refractivity contribution in [1.29, 1.82) is 0 Å². The summed E-state index contributed by atoms with van der Waals surface area (Å²) in [5, 5.41) is 13.7. The van der Waals surface area contributed by atoms with Gasteiger partial charge in [0.15, 0.2) is 0 Å². The lowest BCUT2D eigenvalue weighted by Crippen LogP contribution is -2.41. The Labute approximate surface area is 118 Å². The third-order valence-corrected chi connectivity index (χ3v) is 3.85. The summed E-state index contributed by atoms with van der Waals surface area (Å²) in [6.07, 6.45) is 1.53. The van der Waals surface area contributed by atoms with Crippen molar-refractivity contribution in [2.75, 3.05) is 12.4 Å². The fraction of sp³-hybridized carbons (Fsp3) is 0.583. The normalized spacial score (nSPS) is 19.9. The van der Waals surface area contributed by atoms with E-state index < -0.39 is 23.2 Å². The molecule has 0 saturated carbocycles. The number of pyridine rings is 1. The first-order valence-corrected chi connectivity index (χ1v) is 6.35. The van der Waals surface area contributed by atoms with Crippen molar-refractivity contribution in [2.24, 2.45) is 0 Å². The van der Waals surface area contributed by atoms with Gasteiger partial charge in [0.1, 0.15) is 0 Å². The Hall–Kier alpha value is -1.67. The molecule has 1 aromatic rings. The standard InChI is InChI=1S/C12H18BN3O4/c1-11(2)12(3,4)20-13(19-11)8-6-9(16(17)18)10(14-5)15-7-8/h6-7H,1-5H3,(H,14,15). The summed E-state index contributed by atoms with van der Waals surface area (Å²) < 4.78 is 11.7. The van der Waals surface area contributed by atoms with Crippen LogP contribution >= 0.6 is 0 Å². The molecule has 1 aromatic heterocycles. The summed E-state index contributed by atoms with van der Waals surface area (Å²) in [7, 11) is 0.932. The number of nitrogens with one attached hydrogen (secondary N) is 1. The van der Waals surface area contributed by atoms with Gasteiger partial charge >= 0.3 is 12.8 Å². The number of rotatable bonds is 3. The Kier molecular flexibility index (Phi) is 3.47. The van der Waals surface area contributed by atoms with Gasteiger partial charge in [-0.25, -0.2) is 4.98 Å². The minimum absolute atomic E-state index is 0.0975. The Morgan fingerprint density at radius 3 is 2.30 bits per heavy atom. The number of hydrogen-bond acceptors (Lipinski definition) is 6. The van der Waals surface area contributed by atoms with Gasteiger partial charge in [-0.15, -0.1) is 0 Å². The van der Waals surface area contributed by atoms with E-state index >= 15 is 0 Å². The fourth-order valence-corrected chi connectivity index (χ4v) is 1.91. The van der Waals surface area contributed by atoms with Gasteiger partial charge in [-0.2, -0.15) is 0 Å². The van der Waals surface area contributed by atoms with E-state index in [2.05, 4.69) is 10.3 Å². The largest absolute Gasteiger partial charge is 0.496 e. The van der Waals surface area contributed by atoms with Crippen molar-refractivity contribution in [3.8, 4) is 0 Å². The third-order valence-electron chi connectivity index (χ3n) is 3.85. The van der Waals surface area contributed by atoms with Crippen LogP contribution in [0, 0.1) is 10.1 Å². The topological polar surface area (TPSA) is 86.5 Å². The molecule has 2 heterocycles. The molecule has 108 valence electrons. The van der Waals surface area contributed by atoms with Crippen LogP contribution in [0.2, 0.25) is 0 Å². The molecule has 2 rings (SSSR count). The average molecular weight is 279 g/mol. The van der Waals surface area contributed by atoms with Gasteiger partial charge in [-0.1, -0.05) is 0 Å². The lowest BCUT2D eigenvalue weighted by molar-refractivity contribution is -0.384. The van der Waals surface area contributed by atoms with Gasteiger partial charge in [0.05, 0.1) is 16.1 Å². The molecular weight excluding hydrogens is 261 g/mol. The molecule has 0 atom stereocenters. The zero-order valence-corrected chi connectivity index (χ0v) is 12.3. The molecule has 1 aliphatic rings. The molecule has 1 fully saturated rings. The molecule has 20 heavy (non-hydrogen) atoms. The third kappa shape index (κ3) is 2.36. The first-order valence-electron chi connectivity index (χ1n) is 6.35. The summed E-state index contributed by atoms with van der Waals surface area (Å²) in [5.74, 6) is 0.218. The molecule has 0 bridgehead atoms. The van der Waals surface area contributed by atoms with Gasteiger partial charge in [-0.05, 0) is 27.7 Å². The summed E-state index contributed by atoms with van der Waals surface area (Å²) in [5.41, 5.74) is -0.545. The van der Waals surface area contributed by atoms with E-state index in [0.717, 1.165) is 0 Å². The summed E-state index contributed by atoms with van der Waals surface area (Å²) >= 11 is 0. The molecule has 1 N–H and O–H groups in total. The first kappa shape index (κ1) is 14.7. The highest BCUT2D eigenvalue weighted by atomic mass is 16.7. The highest BCUT2D eigenvalue weighted by Gasteiger charge is 2.52. The minimum atomic E-state index is -0.655. The van der Waals surface area contributed by atoms with Crippen LogP contribution in [0.1, 0.15) is 27.7 Å². The zero-order chi connectivity index (χ0) is 15.1. The van der Waals surface area contributed by atoms with Crippen LogP contribution in [-0.4, -0.2) is 35.3 Å². The Morgan fingerprint density at radius 1 is 1.30 bits per heavy atom. The monoisotopic (exact) mass is 279 g/mol. The maximum Gasteiger partial charge on any atom is 0.496 e. The van der Waals surface area contributed by atoms with E-state index in [-0.39, 0.29) is 11.5 Å². The van der Waals surface area contributed by atoms with E-state index in [1.165, 1.54) is 12.3 Å². The van der Waals surface area contributed by atoms with E-state index in [1.807, 2.05) is 27.7 Å². The zero-order valence-electron chi connectivity index (χ0n) is 12.3. The van der Waals surface area contributed by atoms with Crippen LogP contribution in [0.15, 0.2) is 12.3 Å².